The third-order valence-corrected chi connectivity index (χ3v) is 3.64. The summed E-state index contributed by atoms with van der Waals surface area (Å²) in [4.78, 5) is 12.2. The number of amides is 1. The van der Waals surface area contributed by atoms with Crippen LogP contribution in [0.15, 0.2) is 12.1 Å². The van der Waals surface area contributed by atoms with Gasteiger partial charge < -0.3 is 10.6 Å². The third-order valence-electron chi connectivity index (χ3n) is 3.64. The molecule has 0 radical (unpaired) electrons. The maximum absolute atomic E-state index is 13.8. The van der Waals surface area contributed by atoms with Crippen LogP contribution in [-0.2, 0) is 4.79 Å². The molecule has 1 saturated heterocycles. The molecule has 1 aromatic rings. The molecule has 2 N–H and O–H groups in total. The van der Waals surface area contributed by atoms with E-state index in [0.717, 1.165) is 25.5 Å². The standard InChI is InChI=1S/C14H18F2N2O/c1-9-5-6-10(15)12(11(9)16)18-13(19)14(2)7-3-4-8-17-14/h5-6,17H,3-4,7-8H2,1-2H3,(H,18,19). The topological polar surface area (TPSA) is 41.1 Å². The summed E-state index contributed by atoms with van der Waals surface area (Å²) >= 11 is 0. The quantitative estimate of drug-likeness (QED) is 0.866. The van der Waals surface area contributed by atoms with Crippen LogP contribution in [-0.4, -0.2) is 18.0 Å². The van der Waals surface area contributed by atoms with E-state index in [0.29, 0.717) is 12.0 Å². The van der Waals surface area contributed by atoms with Gasteiger partial charge in [-0.05, 0) is 51.3 Å². The first-order valence-electron chi connectivity index (χ1n) is 6.45. The van der Waals surface area contributed by atoms with Crippen LogP contribution in [0.3, 0.4) is 0 Å². The molecule has 1 aromatic carbocycles. The van der Waals surface area contributed by atoms with Gasteiger partial charge in [0.05, 0.1) is 5.54 Å². The first-order valence-corrected chi connectivity index (χ1v) is 6.45. The van der Waals surface area contributed by atoms with Crippen LogP contribution in [0.1, 0.15) is 31.7 Å². The second-order valence-corrected chi connectivity index (χ2v) is 5.22. The van der Waals surface area contributed by atoms with Crippen LogP contribution in [0.25, 0.3) is 0 Å². The monoisotopic (exact) mass is 268 g/mol. The molecule has 3 nitrogen and oxygen atoms in total. The third kappa shape index (κ3) is 2.76. The Hall–Kier alpha value is -1.49. The second-order valence-electron chi connectivity index (χ2n) is 5.22. The molecule has 2 rings (SSSR count). The highest BCUT2D eigenvalue weighted by Crippen LogP contribution is 2.25. The Morgan fingerprint density at radius 2 is 2.11 bits per heavy atom. The predicted octanol–water partition coefficient (Wildman–Crippen LogP) is 2.74. The summed E-state index contributed by atoms with van der Waals surface area (Å²) in [5, 5.41) is 5.49. The smallest absolute Gasteiger partial charge is 0.244 e. The molecule has 0 aromatic heterocycles. The second kappa shape index (κ2) is 5.25. The van der Waals surface area contributed by atoms with Crippen molar-refractivity contribution in [3.8, 4) is 0 Å². The summed E-state index contributed by atoms with van der Waals surface area (Å²) in [6.07, 6.45) is 2.60. The molecule has 1 unspecified atom stereocenters. The SMILES string of the molecule is Cc1ccc(F)c(NC(=O)C2(C)CCCCN2)c1F. The summed E-state index contributed by atoms with van der Waals surface area (Å²) in [6.45, 7) is 4.03. The average Bonchev–Trinajstić information content (AvgIpc) is 2.40. The largest absolute Gasteiger partial charge is 0.320 e. The first-order chi connectivity index (χ1) is 8.94. The van der Waals surface area contributed by atoms with Crippen molar-refractivity contribution in [3.63, 3.8) is 0 Å². The maximum Gasteiger partial charge on any atom is 0.244 e. The fraction of sp³-hybridized carbons (Fsp3) is 0.500. The van der Waals surface area contributed by atoms with E-state index in [-0.39, 0.29) is 5.69 Å². The lowest BCUT2D eigenvalue weighted by Crippen LogP contribution is -2.54. The molecule has 104 valence electrons. The van der Waals surface area contributed by atoms with Crippen molar-refractivity contribution in [3.05, 3.63) is 29.3 Å². The van der Waals surface area contributed by atoms with Gasteiger partial charge in [0.1, 0.15) is 11.5 Å². The predicted molar refractivity (Wildman–Crippen MR) is 70.0 cm³/mol. The van der Waals surface area contributed by atoms with Crippen LogP contribution >= 0.6 is 0 Å². The summed E-state index contributed by atoms with van der Waals surface area (Å²) in [5.74, 6) is -1.86. The number of anilines is 1. The molecule has 0 bridgehead atoms. The van der Waals surface area contributed by atoms with E-state index in [9.17, 15) is 13.6 Å². The zero-order valence-corrected chi connectivity index (χ0v) is 11.1. The lowest BCUT2D eigenvalue weighted by atomic mass is 9.90. The van der Waals surface area contributed by atoms with E-state index in [1.54, 1.807) is 6.92 Å². The van der Waals surface area contributed by atoms with Gasteiger partial charge >= 0.3 is 0 Å². The van der Waals surface area contributed by atoms with Gasteiger partial charge in [-0.3, -0.25) is 4.79 Å². The highest BCUT2D eigenvalue weighted by atomic mass is 19.1. The molecule has 1 fully saturated rings. The number of rotatable bonds is 2. The molecule has 1 aliphatic heterocycles. The summed E-state index contributed by atoms with van der Waals surface area (Å²) in [7, 11) is 0. The highest BCUT2D eigenvalue weighted by Gasteiger charge is 2.35. The minimum absolute atomic E-state index is 0.304. The van der Waals surface area contributed by atoms with Crippen LogP contribution in [0.4, 0.5) is 14.5 Å². The molecule has 1 atom stereocenters. The molecule has 19 heavy (non-hydrogen) atoms. The average molecular weight is 268 g/mol. The maximum atomic E-state index is 13.8. The fourth-order valence-corrected chi connectivity index (χ4v) is 2.27. The molecular formula is C14H18F2N2O. The summed E-state index contributed by atoms with van der Waals surface area (Å²) in [5.41, 5.74) is -0.821. The van der Waals surface area contributed by atoms with Gasteiger partial charge in [0.2, 0.25) is 5.91 Å². The number of hydrogen-bond donors (Lipinski definition) is 2. The molecule has 1 amide bonds. The minimum Gasteiger partial charge on any atom is -0.320 e. The number of carbonyl (C=O) groups is 1. The van der Waals surface area contributed by atoms with E-state index in [1.807, 2.05) is 0 Å². The molecule has 0 spiro atoms. The Bertz CT molecular complexity index is 496. The number of carbonyl (C=O) groups excluding carboxylic acids is 1. The summed E-state index contributed by atoms with van der Waals surface area (Å²) < 4.78 is 27.4. The Morgan fingerprint density at radius 1 is 1.37 bits per heavy atom. The zero-order valence-electron chi connectivity index (χ0n) is 11.1. The molecule has 0 aliphatic carbocycles. The Labute approximate surface area is 111 Å². The van der Waals surface area contributed by atoms with Crippen molar-refractivity contribution >= 4 is 11.6 Å². The van der Waals surface area contributed by atoms with Crippen LogP contribution in [0.2, 0.25) is 0 Å². The van der Waals surface area contributed by atoms with Gasteiger partial charge in [-0.1, -0.05) is 6.07 Å². The van der Waals surface area contributed by atoms with Gasteiger partial charge in [-0.2, -0.15) is 0 Å². The van der Waals surface area contributed by atoms with Gasteiger partial charge in [0, 0.05) is 0 Å². The minimum atomic E-state index is -0.763. The highest BCUT2D eigenvalue weighted by molar-refractivity contribution is 5.98. The van der Waals surface area contributed by atoms with E-state index in [4.69, 9.17) is 0 Å². The molecule has 1 heterocycles. The molecular weight excluding hydrogens is 250 g/mol. The summed E-state index contributed by atoms with van der Waals surface area (Å²) in [6, 6.07) is 2.51. The van der Waals surface area contributed by atoms with E-state index < -0.39 is 23.1 Å². The van der Waals surface area contributed by atoms with Gasteiger partial charge in [0.25, 0.3) is 0 Å². The lowest BCUT2D eigenvalue weighted by Gasteiger charge is -2.33. The fourth-order valence-electron chi connectivity index (χ4n) is 2.27. The molecule has 1 aliphatic rings. The van der Waals surface area contributed by atoms with E-state index >= 15 is 0 Å². The zero-order chi connectivity index (χ0) is 14.0. The van der Waals surface area contributed by atoms with Crippen LogP contribution in [0, 0.1) is 18.6 Å². The van der Waals surface area contributed by atoms with E-state index in [2.05, 4.69) is 10.6 Å². The Morgan fingerprint density at radius 3 is 2.74 bits per heavy atom. The number of nitrogens with one attached hydrogen (secondary N) is 2. The Balaban J connectivity index is 2.21. The van der Waals surface area contributed by atoms with Gasteiger partial charge in [-0.25, -0.2) is 8.78 Å². The number of piperidine rings is 1. The molecule has 0 saturated carbocycles. The van der Waals surface area contributed by atoms with Crippen molar-refractivity contribution in [1.29, 1.82) is 0 Å². The normalized spacial score (nSPS) is 23.2. The van der Waals surface area contributed by atoms with Gasteiger partial charge in [0.15, 0.2) is 5.82 Å². The van der Waals surface area contributed by atoms with Crippen molar-refractivity contribution in [2.24, 2.45) is 0 Å². The number of benzene rings is 1. The lowest BCUT2D eigenvalue weighted by molar-refractivity contribution is -0.122. The van der Waals surface area contributed by atoms with Crippen LogP contribution in [0.5, 0.6) is 0 Å². The van der Waals surface area contributed by atoms with Gasteiger partial charge in [-0.15, -0.1) is 0 Å². The van der Waals surface area contributed by atoms with Crippen LogP contribution < -0.4 is 10.6 Å². The van der Waals surface area contributed by atoms with E-state index in [1.165, 1.54) is 13.0 Å². The Kier molecular flexibility index (Phi) is 3.85. The van der Waals surface area contributed by atoms with Crippen molar-refractivity contribution in [1.82, 2.24) is 5.32 Å². The molecule has 5 heteroatoms. The number of halogens is 2. The van der Waals surface area contributed by atoms with Crippen molar-refractivity contribution in [2.75, 3.05) is 11.9 Å². The number of hydrogen-bond acceptors (Lipinski definition) is 2. The number of aryl methyl sites for hydroxylation is 1. The first kappa shape index (κ1) is 13.9. The van der Waals surface area contributed by atoms with Crippen molar-refractivity contribution < 1.29 is 13.6 Å². The van der Waals surface area contributed by atoms with Crippen molar-refractivity contribution in [2.45, 2.75) is 38.6 Å².